The molecule has 0 aliphatic heterocycles. The zero-order valence-electron chi connectivity index (χ0n) is 11.9. The molecular weight excluding hydrogens is 260 g/mol. The number of anilines is 2. The predicted molar refractivity (Wildman–Crippen MR) is 76.4 cm³/mol. The highest BCUT2D eigenvalue weighted by Crippen LogP contribution is 2.15. The molecule has 0 atom stereocenters. The van der Waals surface area contributed by atoms with Crippen LogP contribution in [0.5, 0.6) is 0 Å². The summed E-state index contributed by atoms with van der Waals surface area (Å²) in [5, 5.41) is 5.56. The lowest BCUT2D eigenvalue weighted by Crippen LogP contribution is -2.35. The molecule has 20 heavy (non-hydrogen) atoms. The van der Waals surface area contributed by atoms with Crippen LogP contribution >= 0.6 is 0 Å². The molecule has 0 unspecified atom stereocenters. The van der Waals surface area contributed by atoms with Crippen molar-refractivity contribution in [1.29, 1.82) is 0 Å². The maximum absolute atomic E-state index is 11.7. The Bertz CT molecular complexity index is 489. The van der Waals surface area contributed by atoms with Crippen molar-refractivity contribution in [2.45, 2.75) is 26.8 Å². The van der Waals surface area contributed by atoms with Gasteiger partial charge in [0.15, 0.2) is 0 Å². The summed E-state index contributed by atoms with van der Waals surface area (Å²) >= 11 is 0. The zero-order valence-corrected chi connectivity index (χ0v) is 11.9. The number of hydrogen-bond donors (Lipinski definition) is 3. The molecule has 7 nitrogen and oxygen atoms in total. The van der Waals surface area contributed by atoms with E-state index in [0.29, 0.717) is 5.82 Å². The summed E-state index contributed by atoms with van der Waals surface area (Å²) in [5.41, 5.74) is 6.14. The van der Waals surface area contributed by atoms with E-state index in [1.807, 2.05) is 13.8 Å². The Morgan fingerprint density at radius 3 is 2.75 bits per heavy atom. The van der Waals surface area contributed by atoms with E-state index in [-0.39, 0.29) is 36.4 Å². The van der Waals surface area contributed by atoms with Gasteiger partial charge in [0.25, 0.3) is 0 Å². The monoisotopic (exact) mass is 280 g/mol. The summed E-state index contributed by atoms with van der Waals surface area (Å²) < 4.78 is 4.89. The minimum absolute atomic E-state index is 0.0668. The number of nitrogens with one attached hydrogen (secondary N) is 2. The molecule has 0 aliphatic rings. The molecule has 0 fully saturated rings. The molecule has 0 saturated carbocycles. The second kappa shape index (κ2) is 7.32. The Hall–Kier alpha value is -2.31. The maximum Gasteiger partial charge on any atom is 0.340 e. The number of hydrogen-bond acceptors (Lipinski definition) is 6. The zero-order chi connectivity index (χ0) is 15.1. The lowest BCUT2D eigenvalue weighted by molar-refractivity contribution is -0.119. The molecule has 1 rings (SSSR count). The molecule has 0 aromatic carbocycles. The summed E-state index contributed by atoms with van der Waals surface area (Å²) in [6.07, 6.45) is 1.36. The van der Waals surface area contributed by atoms with E-state index in [1.165, 1.54) is 12.3 Å². The number of pyridine rings is 1. The van der Waals surface area contributed by atoms with Crippen LogP contribution in [0, 0.1) is 0 Å². The van der Waals surface area contributed by atoms with Crippen LogP contribution in [0.4, 0.5) is 11.5 Å². The number of rotatable bonds is 6. The number of carbonyl (C=O) groups excluding carboxylic acids is 2. The van der Waals surface area contributed by atoms with Gasteiger partial charge in [0.05, 0.1) is 30.6 Å². The number of esters is 1. The summed E-state index contributed by atoms with van der Waals surface area (Å²) in [5.74, 6) is -0.278. The Morgan fingerprint density at radius 2 is 2.15 bits per heavy atom. The van der Waals surface area contributed by atoms with E-state index >= 15 is 0 Å². The van der Waals surface area contributed by atoms with Gasteiger partial charge in [0.1, 0.15) is 5.82 Å². The first kappa shape index (κ1) is 15.7. The number of amides is 1. The van der Waals surface area contributed by atoms with Crippen molar-refractivity contribution in [1.82, 2.24) is 10.3 Å². The van der Waals surface area contributed by atoms with Crippen molar-refractivity contribution in [3.63, 3.8) is 0 Å². The highest BCUT2D eigenvalue weighted by molar-refractivity contribution is 5.95. The van der Waals surface area contributed by atoms with Gasteiger partial charge in [-0.15, -0.1) is 0 Å². The van der Waals surface area contributed by atoms with Gasteiger partial charge in [-0.2, -0.15) is 0 Å². The first-order chi connectivity index (χ1) is 9.43. The standard InChI is InChI=1S/C13H20N4O3/c1-4-20-13(19)9-5-11(15-6-10(9)14)16-7-12(18)17-8(2)3/h5-6,8H,4,7,14H2,1-3H3,(H,15,16)(H,17,18). The molecule has 0 saturated heterocycles. The van der Waals surface area contributed by atoms with Crippen molar-refractivity contribution in [2.75, 3.05) is 24.2 Å². The van der Waals surface area contributed by atoms with Gasteiger partial charge in [0.2, 0.25) is 5.91 Å². The Morgan fingerprint density at radius 1 is 1.45 bits per heavy atom. The van der Waals surface area contributed by atoms with Crippen LogP contribution in [0.3, 0.4) is 0 Å². The van der Waals surface area contributed by atoms with Gasteiger partial charge in [0, 0.05) is 6.04 Å². The molecule has 1 amide bonds. The average Bonchev–Trinajstić information content (AvgIpc) is 2.37. The third kappa shape index (κ3) is 4.75. The molecule has 110 valence electrons. The van der Waals surface area contributed by atoms with Crippen molar-refractivity contribution >= 4 is 23.4 Å². The molecule has 0 spiro atoms. The second-order valence-corrected chi connectivity index (χ2v) is 4.45. The minimum Gasteiger partial charge on any atom is -0.462 e. The van der Waals surface area contributed by atoms with Crippen molar-refractivity contribution in [3.05, 3.63) is 17.8 Å². The van der Waals surface area contributed by atoms with Gasteiger partial charge in [-0.05, 0) is 26.8 Å². The summed E-state index contributed by atoms with van der Waals surface area (Å²) in [4.78, 5) is 27.2. The topological polar surface area (TPSA) is 106 Å². The Balaban J connectivity index is 2.70. The number of nitrogens with two attached hydrogens (primary N) is 1. The highest BCUT2D eigenvalue weighted by atomic mass is 16.5. The van der Waals surface area contributed by atoms with Gasteiger partial charge < -0.3 is 21.1 Å². The fourth-order valence-electron chi connectivity index (χ4n) is 1.49. The first-order valence-electron chi connectivity index (χ1n) is 6.40. The Labute approximate surface area is 117 Å². The molecule has 1 aromatic rings. The lowest BCUT2D eigenvalue weighted by Gasteiger charge is -2.11. The molecule has 4 N–H and O–H groups in total. The van der Waals surface area contributed by atoms with Crippen molar-refractivity contribution in [3.8, 4) is 0 Å². The molecule has 7 heteroatoms. The smallest absolute Gasteiger partial charge is 0.340 e. The van der Waals surface area contributed by atoms with E-state index in [4.69, 9.17) is 10.5 Å². The van der Waals surface area contributed by atoms with Crippen LogP contribution in [0.2, 0.25) is 0 Å². The molecule has 1 heterocycles. The Kier molecular flexibility index (Phi) is 5.76. The van der Waals surface area contributed by atoms with Crippen LogP contribution in [-0.2, 0) is 9.53 Å². The second-order valence-electron chi connectivity index (χ2n) is 4.45. The summed E-state index contributed by atoms with van der Waals surface area (Å²) in [7, 11) is 0. The van der Waals surface area contributed by atoms with Gasteiger partial charge in [-0.3, -0.25) is 4.79 Å². The molecule has 0 radical (unpaired) electrons. The summed E-state index contributed by atoms with van der Waals surface area (Å²) in [6.45, 7) is 5.79. The van der Waals surface area contributed by atoms with Gasteiger partial charge >= 0.3 is 5.97 Å². The predicted octanol–water partition coefficient (Wildman–Crippen LogP) is 0.777. The largest absolute Gasteiger partial charge is 0.462 e. The SMILES string of the molecule is CCOC(=O)c1cc(NCC(=O)NC(C)C)ncc1N. The van der Waals surface area contributed by atoms with Crippen LogP contribution in [0.1, 0.15) is 31.1 Å². The molecule has 0 bridgehead atoms. The minimum atomic E-state index is -0.512. The molecular formula is C13H20N4O3. The van der Waals surface area contributed by atoms with E-state index in [0.717, 1.165) is 0 Å². The summed E-state index contributed by atoms with van der Waals surface area (Å²) in [6, 6.07) is 1.54. The number of nitrogen functional groups attached to an aromatic ring is 1. The van der Waals surface area contributed by atoms with Gasteiger partial charge in [-0.1, -0.05) is 0 Å². The van der Waals surface area contributed by atoms with Crippen LogP contribution in [0.25, 0.3) is 0 Å². The molecule has 0 aliphatic carbocycles. The third-order valence-corrected chi connectivity index (χ3v) is 2.31. The fraction of sp³-hybridized carbons (Fsp3) is 0.462. The van der Waals surface area contributed by atoms with Crippen LogP contribution in [0.15, 0.2) is 12.3 Å². The number of carbonyl (C=O) groups is 2. The maximum atomic E-state index is 11.7. The molecule has 1 aromatic heterocycles. The first-order valence-corrected chi connectivity index (χ1v) is 6.40. The van der Waals surface area contributed by atoms with Crippen molar-refractivity contribution in [2.24, 2.45) is 0 Å². The number of nitrogens with zero attached hydrogens (tertiary/aromatic N) is 1. The van der Waals surface area contributed by atoms with E-state index in [9.17, 15) is 9.59 Å². The van der Waals surface area contributed by atoms with Crippen LogP contribution < -0.4 is 16.4 Å². The number of ether oxygens (including phenoxy) is 1. The van der Waals surface area contributed by atoms with Crippen molar-refractivity contribution < 1.29 is 14.3 Å². The lowest BCUT2D eigenvalue weighted by atomic mass is 10.2. The number of aromatic nitrogens is 1. The quantitative estimate of drug-likeness (QED) is 0.665. The third-order valence-electron chi connectivity index (χ3n) is 2.31. The van der Waals surface area contributed by atoms with Gasteiger partial charge in [-0.25, -0.2) is 9.78 Å². The highest BCUT2D eigenvalue weighted by Gasteiger charge is 2.13. The van der Waals surface area contributed by atoms with E-state index in [2.05, 4.69) is 15.6 Å². The van der Waals surface area contributed by atoms with E-state index in [1.54, 1.807) is 6.92 Å². The van der Waals surface area contributed by atoms with Crippen LogP contribution in [-0.4, -0.2) is 36.1 Å². The average molecular weight is 280 g/mol. The van der Waals surface area contributed by atoms with E-state index < -0.39 is 5.97 Å². The normalized spacial score (nSPS) is 10.2. The fourth-order valence-corrected chi connectivity index (χ4v) is 1.49.